The number of halogens is 2. The van der Waals surface area contributed by atoms with Crippen LogP contribution in [0.15, 0.2) is 22.7 Å². The van der Waals surface area contributed by atoms with Gasteiger partial charge in [0.2, 0.25) is 0 Å². The Bertz CT molecular complexity index is 520. The highest BCUT2D eigenvalue weighted by Gasteiger charge is 2.19. The van der Waals surface area contributed by atoms with Gasteiger partial charge >= 0.3 is 0 Å². The summed E-state index contributed by atoms with van der Waals surface area (Å²) in [6, 6.07) is 6.33. The molecule has 0 spiro atoms. The van der Waals surface area contributed by atoms with Gasteiger partial charge in [0.25, 0.3) is 0 Å². The number of piperidine rings is 1. The highest BCUT2D eigenvalue weighted by atomic mass is 79.9. The van der Waals surface area contributed by atoms with Crippen molar-refractivity contribution in [3.05, 3.63) is 28.2 Å². The van der Waals surface area contributed by atoms with Crippen LogP contribution in [0, 0.1) is 5.92 Å². The molecule has 0 amide bonds. The Morgan fingerprint density at radius 2 is 2.08 bits per heavy atom. The summed E-state index contributed by atoms with van der Waals surface area (Å²) in [6.45, 7) is 5.91. The number of benzene rings is 1. The Hall–Kier alpha value is -0.330. The predicted octanol–water partition coefficient (Wildman–Crippen LogP) is 3.86. The highest BCUT2D eigenvalue weighted by molar-refractivity contribution is 9.10. The Labute approximate surface area is 166 Å². The second-order valence-electron chi connectivity index (χ2n) is 7.06. The van der Waals surface area contributed by atoms with Gasteiger partial charge in [0, 0.05) is 25.3 Å². The summed E-state index contributed by atoms with van der Waals surface area (Å²) in [5.74, 6) is 1.78. The Morgan fingerprint density at radius 1 is 1.28 bits per heavy atom. The predicted molar refractivity (Wildman–Crippen MR) is 108 cm³/mol. The van der Waals surface area contributed by atoms with Crippen molar-refractivity contribution >= 4 is 28.3 Å². The van der Waals surface area contributed by atoms with E-state index in [9.17, 15) is 0 Å². The summed E-state index contributed by atoms with van der Waals surface area (Å²) in [4.78, 5) is 2.43. The molecule has 2 saturated heterocycles. The molecule has 0 aliphatic carbocycles. The normalized spacial score (nSPS) is 21.3. The lowest BCUT2D eigenvalue weighted by atomic mass is 9.97. The first-order valence-corrected chi connectivity index (χ1v) is 9.92. The molecule has 0 bridgehead atoms. The molecule has 2 heterocycles. The molecule has 0 aromatic heterocycles. The van der Waals surface area contributed by atoms with Crippen molar-refractivity contribution in [1.82, 2.24) is 10.2 Å². The van der Waals surface area contributed by atoms with Gasteiger partial charge < -0.3 is 19.7 Å². The largest absolute Gasteiger partial charge is 0.489 e. The first kappa shape index (κ1) is 21.0. The van der Waals surface area contributed by atoms with Crippen LogP contribution in [0.4, 0.5) is 0 Å². The molecular formula is C19H30BrClN2O2. The van der Waals surface area contributed by atoms with Crippen LogP contribution in [0.25, 0.3) is 0 Å². The number of hydrogen-bond acceptors (Lipinski definition) is 4. The van der Waals surface area contributed by atoms with E-state index < -0.39 is 0 Å². The van der Waals surface area contributed by atoms with Gasteiger partial charge in [-0.1, -0.05) is 12.1 Å². The summed E-state index contributed by atoms with van der Waals surface area (Å²) in [7, 11) is 2.22. The fourth-order valence-corrected chi connectivity index (χ4v) is 4.17. The standard InChI is InChI=1S/C19H29BrN2O2.ClH/c1-22(12-15-7-9-21-10-8-15)13-16-4-2-6-18(20)19(16)24-14-17-5-3-11-23-17;/h2,4,6,15,17,21H,3,5,7-14H2,1H3;1H. The zero-order valence-corrected chi connectivity index (χ0v) is 17.4. The SMILES string of the molecule is CN(Cc1cccc(Br)c1OCC1CCCO1)CC1CCNCC1.Cl. The van der Waals surface area contributed by atoms with Crippen molar-refractivity contribution in [2.24, 2.45) is 5.92 Å². The van der Waals surface area contributed by atoms with E-state index in [1.165, 1.54) is 18.4 Å². The molecule has 4 nitrogen and oxygen atoms in total. The molecule has 2 fully saturated rings. The van der Waals surface area contributed by atoms with Gasteiger partial charge in [0.05, 0.1) is 10.6 Å². The molecule has 1 atom stereocenters. The maximum atomic E-state index is 6.13. The lowest BCUT2D eigenvalue weighted by Crippen LogP contribution is -2.34. The molecule has 25 heavy (non-hydrogen) atoms. The molecule has 2 aliphatic rings. The zero-order chi connectivity index (χ0) is 16.8. The molecule has 1 unspecified atom stereocenters. The lowest BCUT2D eigenvalue weighted by molar-refractivity contribution is 0.0670. The van der Waals surface area contributed by atoms with Crippen LogP contribution < -0.4 is 10.1 Å². The van der Waals surface area contributed by atoms with Gasteiger partial charge in [0.15, 0.2) is 0 Å². The van der Waals surface area contributed by atoms with Crippen LogP contribution in [-0.4, -0.2) is 50.9 Å². The Kier molecular flexibility index (Phi) is 9.00. The average Bonchev–Trinajstić information content (AvgIpc) is 3.08. The summed E-state index contributed by atoms with van der Waals surface area (Å²) in [6.07, 6.45) is 5.07. The van der Waals surface area contributed by atoms with Gasteiger partial charge in [-0.2, -0.15) is 0 Å². The van der Waals surface area contributed by atoms with Gasteiger partial charge in [-0.25, -0.2) is 0 Å². The summed E-state index contributed by atoms with van der Waals surface area (Å²) < 4.78 is 12.8. The van der Waals surface area contributed by atoms with Crippen LogP contribution in [0.2, 0.25) is 0 Å². The number of ether oxygens (including phenoxy) is 2. The van der Waals surface area contributed by atoms with Crippen molar-refractivity contribution in [2.45, 2.75) is 38.3 Å². The van der Waals surface area contributed by atoms with Gasteiger partial charge in [0.1, 0.15) is 12.4 Å². The van der Waals surface area contributed by atoms with E-state index in [1.54, 1.807) is 0 Å². The van der Waals surface area contributed by atoms with Gasteiger partial charge in [-0.3, -0.25) is 0 Å². The third-order valence-corrected chi connectivity index (χ3v) is 5.58. The molecule has 3 rings (SSSR count). The molecule has 2 aliphatic heterocycles. The molecular weight excluding hydrogens is 404 g/mol. The first-order chi connectivity index (χ1) is 11.7. The van der Waals surface area contributed by atoms with E-state index in [4.69, 9.17) is 9.47 Å². The number of para-hydroxylation sites is 1. The lowest BCUT2D eigenvalue weighted by Gasteiger charge is -2.28. The maximum absolute atomic E-state index is 6.13. The summed E-state index contributed by atoms with van der Waals surface area (Å²) in [5, 5.41) is 3.44. The quantitative estimate of drug-likeness (QED) is 0.708. The van der Waals surface area contributed by atoms with Crippen molar-refractivity contribution in [1.29, 1.82) is 0 Å². The van der Waals surface area contributed by atoms with Crippen molar-refractivity contribution in [2.75, 3.05) is 39.9 Å². The van der Waals surface area contributed by atoms with Crippen molar-refractivity contribution in [3.63, 3.8) is 0 Å². The molecule has 142 valence electrons. The topological polar surface area (TPSA) is 33.7 Å². The van der Waals surface area contributed by atoms with Gasteiger partial charge in [-0.15, -0.1) is 12.4 Å². The Morgan fingerprint density at radius 3 is 2.80 bits per heavy atom. The molecule has 1 aromatic carbocycles. The minimum Gasteiger partial charge on any atom is -0.489 e. The number of rotatable bonds is 7. The van der Waals surface area contributed by atoms with Crippen LogP contribution in [0.5, 0.6) is 5.75 Å². The monoisotopic (exact) mass is 432 g/mol. The highest BCUT2D eigenvalue weighted by Crippen LogP contribution is 2.31. The molecule has 0 saturated carbocycles. The fraction of sp³-hybridized carbons (Fsp3) is 0.684. The van der Waals surface area contributed by atoms with Crippen LogP contribution in [0.1, 0.15) is 31.2 Å². The molecule has 6 heteroatoms. The fourth-order valence-electron chi connectivity index (χ4n) is 3.65. The minimum absolute atomic E-state index is 0. The average molecular weight is 434 g/mol. The number of nitrogens with one attached hydrogen (secondary N) is 1. The zero-order valence-electron chi connectivity index (χ0n) is 15.0. The second kappa shape index (κ2) is 10.7. The van der Waals surface area contributed by atoms with E-state index >= 15 is 0 Å². The first-order valence-electron chi connectivity index (χ1n) is 9.13. The maximum Gasteiger partial charge on any atom is 0.138 e. The minimum atomic E-state index is 0. The molecule has 1 aromatic rings. The van der Waals surface area contributed by atoms with Crippen LogP contribution in [0.3, 0.4) is 0 Å². The molecule has 0 radical (unpaired) electrons. The van der Waals surface area contributed by atoms with Crippen molar-refractivity contribution in [3.8, 4) is 5.75 Å². The third kappa shape index (κ3) is 6.40. The van der Waals surface area contributed by atoms with E-state index in [2.05, 4.69) is 51.4 Å². The van der Waals surface area contributed by atoms with E-state index in [-0.39, 0.29) is 18.5 Å². The van der Waals surface area contributed by atoms with E-state index in [1.807, 2.05) is 0 Å². The summed E-state index contributed by atoms with van der Waals surface area (Å²) >= 11 is 3.65. The third-order valence-electron chi connectivity index (χ3n) is 4.95. The smallest absolute Gasteiger partial charge is 0.138 e. The van der Waals surface area contributed by atoms with Crippen LogP contribution in [-0.2, 0) is 11.3 Å². The molecule has 1 N–H and O–H groups in total. The summed E-state index contributed by atoms with van der Waals surface area (Å²) in [5.41, 5.74) is 1.25. The van der Waals surface area contributed by atoms with Crippen molar-refractivity contribution < 1.29 is 9.47 Å². The van der Waals surface area contributed by atoms with Crippen LogP contribution >= 0.6 is 28.3 Å². The second-order valence-corrected chi connectivity index (χ2v) is 7.92. The van der Waals surface area contributed by atoms with E-state index in [0.29, 0.717) is 6.61 Å². The van der Waals surface area contributed by atoms with E-state index in [0.717, 1.165) is 61.8 Å². The number of nitrogens with zero attached hydrogens (tertiary/aromatic N) is 1. The van der Waals surface area contributed by atoms with Gasteiger partial charge in [-0.05, 0) is 73.7 Å². The Balaban J connectivity index is 0.00000225. The number of hydrogen-bond donors (Lipinski definition) is 1.